The first-order valence-corrected chi connectivity index (χ1v) is 14.3. The normalized spacial score (nSPS) is 30.8. The molecular formula is C26H35BrN4O4S. The lowest BCUT2D eigenvalue weighted by Crippen LogP contribution is -2.71. The number of halogens is 1. The molecule has 0 bridgehead atoms. The van der Waals surface area contributed by atoms with Gasteiger partial charge in [0.15, 0.2) is 17.1 Å². The Labute approximate surface area is 225 Å². The molecule has 0 radical (unpaired) electrons. The van der Waals surface area contributed by atoms with Gasteiger partial charge < -0.3 is 18.8 Å². The highest BCUT2D eigenvalue weighted by molar-refractivity contribution is 9.10. The molecule has 10 heteroatoms. The summed E-state index contributed by atoms with van der Waals surface area (Å²) in [4.78, 5) is 4.08. The summed E-state index contributed by atoms with van der Waals surface area (Å²) in [7, 11) is 1.76. The van der Waals surface area contributed by atoms with Crippen molar-refractivity contribution in [2.45, 2.75) is 64.4 Å². The van der Waals surface area contributed by atoms with Crippen LogP contribution in [0.3, 0.4) is 0 Å². The van der Waals surface area contributed by atoms with Crippen LogP contribution in [0.1, 0.15) is 51.7 Å². The molecule has 0 unspecified atom stereocenters. The molecule has 36 heavy (non-hydrogen) atoms. The van der Waals surface area contributed by atoms with Crippen LogP contribution >= 0.6 is 15.9 Å². The summed E-state index contributed by atoms with van der Waals surface area (Å²) in [6.07, 6.45) is 6.97. The van der Waals surface area contributed by atoms with Crippen LogP contribution in [-0.2, 0) is 37.7 Å². The molecule has 1 fully saturated rings. The van der Waals surface area contributed by atoms with Crippen molar-refractivity contribution in [3.05, 3.63) is 52.5 Å². The van der Waals surface area contributed by atoms with E-state index >= 15 is 0 Å². The van der Waals surface area contributed by atoms with Gasteiger partial charge in [-0.25, -0.2) is 4.98 Å². The van der Waals surface area contributed by atoms with Crippen LogP contribution in [0.25, 0.3) is 0 Å². The number of nitrogens with one attached hydrogen (secondary N) is 1. The number of hydrogen-bond donors (Lipinski definition) is 1. The van der Waals surface area contributed by atoms with E-state index in [4.69, 9.17) is 14.2 Å². The number of nitrogens with zero attached hydrogens (tertiary/aromatic N) is 3. The van der Waals surface area contributed by atoms with Crippen molar-refractivity contribution in [2.24, 2.45) is 17.3 Å². The molecule has 8 nitrogen and oxygen atoms in total. The summed E-state index contributed by atoms with van der Waals surface area (Å²) in [6, 6.07) is 8.54. The van der Waals surface area contributed by atoms with Gasteiger partial charge in [-0.15, -0.1) is 3.97 Å². The van der Waals surface area contributed by atoms with E-state index in [1.54, 1.807) is 19.5 Å². The SMILES string of the molecule is CCOC(C#N)(OCC)[C@]1(N[S@@+]([O-])n2ccnc2)c2cc(Br)ccc2C[C@@]12C[C@@H](C)[C@H](OC)[C@@H](C)C2. The van der Waals surface area contributed by atoms with E-state index in [0.29, 0.717) is 6.42 Å². The fourth-order valence-electron chi connectivity index (χ4n) is 6.96. The van der Waals surface area contributed by atoms with E-state index in [0.717, 1.165) is 28.4 Å². The molecule has 1 saturated carbocycles. The van der Waals surface area contributed by atoms with E-state index in [-0.39, 0.29) is 31.2 Å². The maximum absolute atomic E-state index is 13.9. The maximum atomic E-state index is 13.9. The first-order chi connectivity index (χ1) is 17.2. The third-order valence-electron chi connectivity index (χ3n) is 7.87. The predicted octanol–water partition coefficient (Wildman–Crippen LogP) is 4.47. The second-order valence-electron chi connectivity index (χ2n) is 9.94. The molecule has 1 aromatic carbocycles. The Morgan fingerprint density at radius 3 is 2.47 bits per heavy atom. The molecule has 1 heterocycles. The van der Waals surface area contributed by atoms with Crippen molar-refractivity contribution in [3.8, 4) is 6.07 Å². The van der Waals surface area contributed by atoms with Crippen LogP contribution in [0.15, 0.2) is 41.4 Å². The smallest absolute Gasteiger partial charge is 0.287 e. The highest BCUT2D eigenvalue weighted by atomic mass is 79.9. The zero-order valence-electron chi connectivity index (χ0n) is 21.5. The summed E-state index contributed by atoms with van der Waals surface area (Å²) < 4.78 is 38.3. The zero-order chi connectivity index (χ0) is 26.1. The fourth-order valence-corrected chi connectivity index (χ4v) is 8.45. The van der Waals surface area contributed by atoms with Crippen molar-refractivity contribution in [3.63, 3.8) is 0 Å². The van der Waals surface area contributed by atoms with Crippen LogP contribution < -0.4 is 4.72 Å². The van der Waals surface area contributed by atoms with Crippen molar-refractivity contribution < 1.29 is 18.8 Å². The standard InChI is InChI=1S/C26H35BrN4O4S/c1-6-34-25(16-28,35-7-2)26(30-36(32)31-11-10-29-17-31)22-12-21(27)9-8-20(22)15-24(26)13-18(3)23(33-5)19(4)14-24/h8-12,17-19,23,30H,6-7,13-15H2,1-5H3/t18-,19+,23+,24+,26-,36+/m0/s1. The quantitative estimate of drug-likeness (QED) is 0.345. The second-order valence-corrected chi connectivity index (χ2v) is 12.0. The number of ether oxygens (including phenoxy) is 3. The number of rotatable bonds is 9. The molecule has 2 aliphatic rings. The van der Waals surface area contributed by atoms with Gasteiger partial charge in [0.2, 0.25) is 0 Å². The molecule has 2 aromatic rings. The van der Waals surface area contributed by atoms with Gasteiger partial charge in [-0.3, -0.25) is 0 Å². The first kappa shape index (κ1) is 27.6. The lowest BCUT2D eigenvalue weighted by atomic mass is 9.54. The third-order valence-corrected chi connectivity index (χ3v) is 9.44. The van der Waals surface area contributed by atoms with Gasteiger partial charge in [-0.2, -0.15) is 5.26 Å². The van der Waals surface area contributed by atoms with Gasteiger partial charge >= 0.3 is 0 Å². The van der Waals surface area contributed by atoms with Crippen molar-refractivity contribution in [2.75, 3.05) is 20.3 Å². The molecule has 1 spiro atoms. The Kier molecular flexibility index (Phi) is 8.22. The zero-order valence-corrected chi connectivity index (χ0v) is 23.9. The Bertz CT molecular complexity index is 1080. The van der Waals surface area contributed by atoms with Crippen molar-refractivity contribution >= 4 is 27.5 Å². The molecule has 196 valence electrons. The number of methoxy groups -OCH3 is 1. The van der Waals surface area contributed by atoms with Crippen LogP contribution in [0.4, 0.5) is 0 Å². The van der Waals surface area contributed by atoms with E-state index in [1.165, 1.54) is 10.3 Å². The monoisotopic (exact) mass is 578 g/mol. The molecule has 6 atom stereocenters. The lowest BCUT2D eigenvalue weighted by molar-refractivity contribution is -0.271. The number of aromatic nitrogens is 2. The second kappa shape index (κ2) is 10.7. The average molecular weight is 580 g/mol. The molecule has 0 aliphatic heterocycles. The van der Waals surface area contributed by atoms with Crippen LogP contribution in [-0.4, -0.2) is 45.7 Å². The van der Waals surface area contributed by atoms with Gasteiger partial charge in [0, 0.05) is 36.4 Å². The van der Waals surface area contributed by atoms with Gasteiger partial charge in [-0.05, 0) is 68.2 Å². The van der Waals surface area contributed by atoms with Gasteiger partial charge in [0.25, 0.3) is 5.79 Å². The van der Waals surface area contributed by atoms with E-state index in [9.17, 15) is 9.81 Å². The summed E-state index contributed by atoms with van der Waals surface area (Å²) in [6.45, 7) is 8.58. The van der Waals surface area contributed by atoms with Crippen molar-refractivity contribution in [1.29, 1.82) is 5.26 Å². The minimum Gasteiger partial charge on any atom is -0.573 e. The lowest BCUT2D eigenvalue weighted by Gasteiger charge is -2.56. The van der Waals surface area contributed by atoms with Crippen LogP contribution in [0.2, 0.25) is 0 Å². The van der Waals surface area contributed by atoms with Gasteiger partial charge in [0.1, 0.15) is 12.4 Å². The predicted molar refractivity (Wildman–Crippen MR) is 141 cm³/mol. The fraction of sp³-hybridized carbons (Fsp3) is 0.615. The Morgan fingerprint density at radius 2 is 1.94 bits per heavy atom. The van der Waals surface area contributed by atoms with E-state index in [1.807, 2.05) is 26.0 Å². The first-order valence-electron chi connectivity index (χ1n) is 12.4. The summed E-state index contributed by atoms with van der Waals surface area (Å²) in [5, 5.41) is 10.9. The number of nitriles is 1. The Hall–Kier alpha value is -1.45. The Morgan fingerprint density at radius 1 is 1.28 bits per heavy atom. The van der Waals surface area contributed by atoms with Gasteiger partial charge in [-0.1, -0.05) is 40.6 Å². The topological polar surface area (TPSA) is 104 Å². The summed E-state index contributed by atoms with van der Waals surface area (Å²) in [5.41, 5.74) is 0.156. The van der Waals surface area contributed by atoms with E-state index in [2.05, 4.69) is 51.6 Å². The minimum absolute atomic E-state index is 0.0820. The Balaban J connectivity index is 2.04. The largest absolute Gasteiger partial charge is 0.573 e. The highest BCUT2D eigenvalue weighted by Crippen LogP contribution is 2.65. The van der Waals surface area contributed by atoms with Gasteiger partial charge in [0.05, 0.1) is 12.3 Å². The van der Waals surface area contributed by atoms with Crippen LogP contribution in [0, 0.1) is 28.6 Å². The number of benzene rings is 1. The van der Waals surface area contributed by atoms with Crippen molar-refractivity contribution in [1.82, 2.24) is 13.7 Å². The number of fused-ring (bicyclic) bond motifs is 1. The molecule has 1 N–H and O–H groups in total. The number of imidazole rings is 1. The summed E-state index contributed by atoms with van der Waals surface area (Å²) >= 11 is 1.88. The number of hydrogen-bond acceptors (Lipinski definition) is 7. The van der Waals surface area contributed by atoms with Crippen LogP contribution in [0.5, 0.6) is 0 Å². The molecule has 2 aliphatic carbocycles. The average Bonchev–Trinajstić information content (AvgIpc) is 3.45. The molecule has 4 rings (SSSR count). The summed E-state index contributed by atoms with van der Waals surface area (Å²) in [5.74, 6) is -1.35. The molecule has 0 saturated heterocycles. The highest BCUT2D eigenvalue weighted by Gasteiger charge is 2.74. The maximum Gasteiger partial charge on any atom is 0.287 e. The molecule has 1 aromatic heterocycles. The third kappa shape index (κ3) is 4.23. The molecule has 0 amide bonds. The van der Waals surface area contributed by atoms with E-state index < -0.39 is 28.3 Å². The minimum atomic E-state index is -1.76. The molecular weight excluding hydrogens is 544 g/mol.